The van der Waals surface area contributed by atoms with Gasteiger partial charge >= 0.3 is 5.97 Å². The zero-order chi connectivity index (χ0) is 15.7. The molecule has 2 aromatic heterocycles. The smallest absolute Gasteiger partial charge is 0.354 e. The predicted molar refractivity (Wildman–Crippen MR) is 83.2 cm³/mol. The molecule has 0 fully saturated rings. The highest BCUT2D eigenvalue weighted by molar-refractivity contribution is 5.88. The van der Waals surface area contributed by atoms with Gasteiger partial charge in [0.2, 0.25) is 0 Å². The number of aromatic nitrogens is 3. The van der Waals surface area contributed by atoms with Crippen LogP contribution in [0, 0.1) is 13.8 Å². The molecule has 0 bridgehead atoms. The molecule has 0 saturated carbocycles. The molecule has 0 saturated heterocycles. The summed E-state index contributed by atoms with van der Waals surface area (Å²) in [5.41, 5.74) is 4.39. The normalized spacial score (nSPS) is 10.6. The number of rotatable bonds is 3. The topological polar surface area (TPSA) is 68.0 Å². The molecule has 110 valence electrons. The first-order valence-corrected chi connectivity index (χ1v) is 6.87. The Morgan fingerprint density at radius 3 is 2.50 bits per heavy atom. The lowest BCUT2D eigenvalue weighted by Gasteiger charge is -2.09. The fourth-order valence-corrected chi connectivity index (χ4v) is 2.33. The zero-order valence-corrected chi connectivity index (χ0v) is 12.3. The Morgan fingerprint density at radius 2 is 1.82 bits per heavy atom. The molecule has 3 rings (SSSR count). The van der Waals surface area contributed by atoms with E-state index in [1.165, 1.54) is 4.68 Å². The second-order valence-electron chi connectivity index (χ2n) is 5.16. The van der Waals surface area contributed by atoms with E-state index in [0.29, 0.717) is 5.69 Å². The molecule has 0 spiro atoms. The lowest BCUT2D eigenvalue weighted by atomic mass is 10.1. The van der Waals surface area contributed by atoms with Crippen molar-refractivity contribution >= 4 is 5.97 Å². The first kappa shape index (κ1) is 14.0. The Labute approximate surface area is 127 Å². The number of carboxylic acids is 1. The van der Waals surface area contributed by atoms with Crippen molar-refractivity contribution in [2.75, 3.05) is 0 Å². The van der Waals surface area contributed by atoms with E-state index in [0.717, 1.165) is 22.4 Å². The number of aryl methyl sites for hydroxylation is 2. The van der Waals surface area contributed by atoms with Crippen LogP contribution in [-0.2, 0) is 0 Å². The maximum absolute atomic E-state index is 11.6. The second-order valence-corrected chi connectivity index (χ2v) is 5.16. The summed E-state index contributed by atoms with van der Waals surface area (Å²) < 4.78 is 1.49. The van der Waals surface area contributed by atoms with E-state index in [2.05, 4.69) is 10.1 Å². The second kappa shape index (κ2) is 5.44. The third-order valence-corrected chi connectivity index (χ3v) is 3.50. The largest absolute Gasteiger partial charge is 0.477 e. The van der Waals surface area contributed by atoms with Gasteiger partial charge in [0.25, 0.3) is 0 Å². The Balaban J connectivity index is 2.21. The summed E-state index contributed by atoms with van der Waals surface area (Å²) in [5, 5.41) is 14.0. The average Bonchev–Trinajstić information content (AvgIpc) is 2.96. The van der Waals surface area contributed by atoms with Crippen LogP contribution >= 0.6 is 0 Å². The van der Waals surface area contributed by atoms with Gasteiger partial charge < -0.3 is 5.11 Å². The molecule has 0 atom stereocenters. The minimum Gasteiger partial charge on any atom is -0.477 e. The molecule has 22 heavy (non-hydrogen) atoms. The first-order chi connectivity index (χ1) is 10.6. The summed E-state index contributed by atoms with van der Waals surface area (Å²) in [6.45, 7) is 3.91. The number of hydrogen-bond donors (Lipinski definition) is 1. The van der Waals surface area contributed by atoms with Gasteiger partial charge in [-0.05, 0) is 49.2 Å². The SMILES string of the molecule is Cc1ccc(C)c(-n2nc(-c3ccncc3)cc2C(=O)O)c1. The van der Waals surface area contributed by atoms with Crippen LogP contribution in [0.3, 0.4) is 0 Å². The molecule has 1 N–H and O–H groups in total. The van der Waals surface area contributed by atoms with Crippen molar-refractivity contribution < 1.29 is 9.90 Å². The highest BCUT2D eigenvalue weighted by Crippen LogP contribution is 2.23. The van der Waals surface area contributed by atoms with Gasteiger partial charge in [0.15, 0.2) is 5.69 Å². The fraction of sp³-hybridized carbons (Fsp3) is 0.118. The van der Waals surface area contributed by atoms with Crippen LogP contribution in [0.1, 0.15) is 21.6 Å². The zero-order valence-electron chi connectivity index (χ0n) is 12.3. The summed E-state index contributed by atoms with van der Waals surface area (Å²) in [5.74, 6) is -1.01. The highest BCUT2D eigenvalue weighted by atomic mass is 16.4. The lowest BCUT2D eigenvalue weighted by Crippen LogP contribution is -2.09. The number of aromatic carboxylic acids is 1. The van der Waals surface area contributed by atoms with Crippen molar-refractivity contribution in [1.82, 2.24) is 14.8 Å². The Hall–Kier alpha value is -2.95. The third kappa shape index (κ3) is 2.48. The molecule has 2 heterocycles. The quantitative estimate of drug-likeness (QED) is 0.805. The predicted octanol–water partition coefficient (Wildman–Crippen LogP) is 3.25. The van der Waals surface area contributed by atoms with Gasteiger partial charge in [-0.3, -0.25) is 4.98 Å². The number of nitrogens with zero attached hydrogens (tertiary/aromatic N) is 3. The number of carbonyl (C=O) groups is 1. The Bertz CT molecular complexity index is 838. The van der Waals surface area contributed by atoms with Crippen molar-refractivity contribution in [2.45, 2.75) is 13.8 Å². The minimum absolute atomic E-state index is 0.139. The Morgan fingerprint density at radius 1 is 1.09 bits per heavy atom. The van der Waals surface area contributed by atoms with Crippen molar-refractivity contribution in [3.63, 3.8) is 0 Å². The Kier molecular flexibility index (Phi) is 3.47. The van der Waals surface area contributed by atoms with Crippen LogP contribution in [0.5, 0.6) is 0 Å². The lowest BCUT2D eigenvalue weighted by molar-refractivity contribution is 0.0687. The van der Waals surface area contributed by atoms with E-state index in [1.807, 2.05) is 32.0 Å². The van der Waals surface area contributed by atoms with Crippen LogP contribution in [0.15, 0.2) is 48.8 Å². The molecule has 0 aliphatic rings. The minimum atomic E-state index is -1.01. The molecular formula is C17H15N3O2. The van der Waals surface area contributed by atoms with E-state index in [9.17, 15) is 9.90 Å². The number of pyridine rings is 1. The first-order valence-electron chi connectivity index (χ1n) is 6.87. The summed E-state index contributed by atoms with van der Waals surface area (Å²) in [6.07, 6.45) is 3.32. The number of carboxylic acid groups (broad SMARTS) is 1. The molecule has 0 radical (unpaired) electrons. The summed E-state index contributed by atoms with van der Waals surface area (Å²) in [7, 11) is 0. The van der Waals surface area contributed by atoms with Gasteiger partial charge in [0, 0.05) is 18.0 Å². The van der Waals surface area contributed by atoms with Crippen molar-refractivity contribution in [3.8, 4) is 16.9 Å². The van der Waals surface area contributed by atoms with E-state index in [-0.39, 0.29) is 5.69 Å². The van der Waals surface area contributed by atoms with E-state index in [1.54, 1.807) is 30.6 Å². The van der Waals surface area contributed by atoms with Crippen molar-refractivity contribution in [3.05, 3.63) is 65.6 Å². The van der Waals surface area contributed by atoms with Gasteiger partial charge in [-0.25, -0.2) is 9.48 Å². The summed E-state index contributed by atoms with van der Waals surface area (Å²) in [6, 6.07) is 11.1. The molecule has 0 aliphatic carbocycles. The van der Waals surface area contributed by atoms with Crippen LogP contribution in [0.4, 0.5) is 0 Å². The molecule has 0 amide bonds. The number of hydrogen-bond acceptors (Lipinski definition) is 3. The van der Waals surface area contributed by atoms with Gasteiger partial charge in [0.1, 0.15) is 0 Å². The van der Waals surface area contributed by atoms with Crippen LogP contribution in [0.2, 0.25) is 0 Å². The molecular weight excluding hydrogens is 278 g/mol. The van der Waals surface area contributed by atoms with Crippen LogP contribution in [-0.4, -0.2) is 25.8 Å². The maximum atomic E-state index is 11.6. The van der Waals surface area contributed by atoms with Crippen molar-refractivity contribution in [2.24, 2.45) is 0 Å². The van der Waals surface area contributed by atoms with Gasteiger partial charge in [-0.2, -0.15) is 5.10 Å². The van der Waals surface area contributed by atoms with Gasteiger partial charge in [-0.1, -0.05) is 12.1 Å². The average molecular weight is 293 g/mol. The van der Waals surface area contributed by atoms with Crippen molar-refractivity contribution in [1.29, 1.82) is 0 Å². The standard InChI is InChI=1S/C17H15N3O2/c1-11-3-4-12(2)15(9-11)20-16(17(21)22)10-14(19-20)13-5-7-18-8-6-13/h3-10H,1-2H3,(H,21,22). The molecule has 0 unspecified atom stereocenters. The number of benzene rings is 1. The van der Waals surface area contributed by atoms with Gasteiger partial charge in [-0.15, -0.1) is 0 Å². The molecule has 5 nitrogen and oxygen atoms in total. The summed E-state index contributed by atoms with van der Waals surface area (Å²) in [4.78, 5) is 15.5. The maximum Gasteiger partial charge on any atom is 0.354 e. The summed E-state index contributed by atoms with van der Waals surface area (Å²) >= 11 is 0. The van der Waals surface area contributed by atoms with E-state index >= 15 is 0 Å². The highest BCUT2D eigenvalue weighted by Gasteiger charge is 2.17. The van der Waals surface area contributed by atoms with E-state index in [4.69, 9.17) is 0 Å². The van der Waals surface area contributed by atoms with Gasteiger partial charge in [0.05, 0.1) is 11.4 Å². The van der Waals surface area contributed by atoms with E-state index < -0.39 is 5.97 Å². The molecule has 5 heteroatoms. The fourth-order valence-electron chi connectivity index (χ4n) is 2.33. The molecule has 1 aromatic carbocycles. The third-order valence-electron chi connectivity index (χ3n) is 3.50. The monoisotopic (exact) mass is 293 g/mol. The molecule has 0 aliphatic heterocycles. The van der Waals surface area contributed by atoms with Crippen LogP contribution < -0.4 is 0 Å². The molecule has 3 aromatic rings. The van der Waals surface area contributed by atoms with Crippen LogP contribution in [0.25, 0.3) is 16.9 Å².